The number of nitrogens with zero attached hydrogens (tertiary/aromatic N) is 3. The van der Waals surface area contributed by atoms with Gasteiger partial charge >= 0.3 is 12.1 Å². The Kier molecular flexibility index (Phi) is 5.34. The SMILES string of the molecule is CCOC(=O)c1[nH]c(N2CCN(C(=O)OC(C)(C)C)CC2=O)nc1C. The molecule has 1 aliphatic heterocycles. The largest absolute Gasteiger partial charge is 0.461 e. The zero-order valence-corrected chi connectivity index (χ0v) is 15.2. The molecule has 0 spiro atoms. The van der Waals surface area contributed by atoms with Crippen molar-refractivity contribution in [3.05, 3.63) is 11.4 Å². The molecule has 138 valence electrons. The molecule has 25 heavy (non-hydrogen) atoms. The maximum absolute atomic E-state index is 12.4. The molecule has 1 aromatic rings. The van der Waals surface area contributed by atoms with E-state index in [1.807, 2.05) is 0 Å². The second-order valence-electron chi connectivity index (χ2n) is 6.69. The van der Waals surface area contributed by atoms with Crippen molar-refractivity contribution < 1.29 is 23.9 Å². The summed E-state index contributed by atoms with van der Waals surface area (Å²) in [5, 5.41) is 0. The Hall–Kier alpha value is -2.58. The van der Waals surface area contributed by atoms with Gasteiger partial charge in [0.1, 0.15) is 17.8 Å². The molecule has 2 amide bonds. The fourth-order valence-electron chi connectivity index (χ4n) is 2.35. The first-order chi connectivity index (χ1) is 11.6. The highest BCUT2D eigenvalue weighted by Crippen LogP contribution is 2.18. The number of piperazine rings is 1. The normalized spacial score (nSPS) is 15.3. The molecule has 1 aliphatic rings. The van der Waals surface area contributed by atoms with Gasteiger partial charge in [-0.2, -0.15) is 0 Å². The molecule has 0 radical (unpaired) electrons. The average molecular weight is 352 g/mol. The molecular weight excluding hydrogens is 328 g/mol. The van der Waals surface area contributed by atoms with Gasteiger partial charge in [-0.15, -0.1) is 0 Å². The van der Waals surface area contributed by atoms with E-state index in [0.717, 1.165) is 0 Å². The van der Waals surface area contributed by atoms with Crippen molar-refractivity contribution >= 4 is 23.9 Å². The minimum atomic E-state index is -0.621. The summed E-state index contributed by atoms with van der Waals surface area (Å²) in [6.07, 6.45) is -0.525. The molecule has 2 rings (SSSR count). The number of carbonyl (C=O) groups is 3. The topological polar surface area (TPSA) is 105 Å². The first kappa shape index (κ1) is 18.8. The number of aromatic amines is 1. The van der Waals surface area contributed by atoms with Crippen molar-refractivity contribution in [1.29, 1.82) is 0 Å². The van der Waals surface area contributed by atoms with Gasteiger partial charge in [0.15, 0.2) is 0 Å². The number of amides is 2. The summed E-state index contributed by atoms with van der Waals surface area (Å²) >= 11 is 0. The molecule has 1 fully saturated rings. The predicted octanol–water partition coefficient (Wildman–Crippen LogP) is 1.48. The number of hydrogen-bond donors (Lipinski definition) is 1. The van der Waals surface area contributed by atoms with E-state index < -0.39 is 17.7 Å². The van der Waals surface area contributed by atoms with E-state index >= 15 is 0 Å². The van der Waals surface area contributed by atoms with E-state index in [0.29, 0.717) is 12.2 Å². The van der Waals surface area contributed by atoms with E-state index in [2.05, 4.69) is 9.97 Å². The second kappa shape index (κ2) is 7.12. The third kappa shape index (κ3) is 4.49. The lowest BCUT2D eigenvalue weighted by Crippen LogP contribution is -2.53. The molecule has 0 aromatic carbocycles. The van der Waals surface area contributed by atoms with Gasteiger partial charge in [-0.25, -0.2) is 14.6 Å². The summed E-state index contributed by atoms with van der Waals surface area (Å²) in [4.78, 5) is 46.1. The van der Waals surface area contributed by atoms with Crippen LogP contribution in [-0.4, -0.2) is 64.7 Å². The summed E-state index contributed by atoms with van der Waals surface area (Å²) in [6.45, 7) is 9.39. The number of imidazole rings is 1. The Labute approximate surface area is 146 Å². The monoisotopic (exact) mass is 352 g/mol. The summed E-state index contributed by atoms with van der Waals surface area (Å²) < 4.78 is 10.2. The molecule has 0 unspecified atom stereocenters. The molecule has 1 aromatic heterocycles. The maximum Gasteiger partial charge on any atom is 0.410 e. The van der Waals surface area contributed by atoms with Crippen molar-refractivity contribution in [2.75, 3.05) is 31.1 Å². The van der Waals surface area contributed by atoms with Crippen LogP contribution in [0.3, 0.4) is 0 Å². The number of hydrogen-bond acceptors (Lipinski definition) is 6. The van der Waals surface area contributed by atoms with Gasteiger partial charge in [-0.3, -0.25) is 14.6 Å². The lowest BCUT2D eigenvalue weighted by molar-refractivity contribution is -0.121. The number of H-pyrrole nitrogens is 1. The van der Waals surface area contributed by atoms with Crippen molar-refractivity contribution in [3.8, 4) is 0 Å². The van der Waals surface area contributed by atoms with Gasteiger partial charge in [0.25, 0.3) is 0 Å². The summed E-state index contributed by atoms with van der Waals surface area (Å²) in [5.74, 6) is -0.547. The maximum atomic E-state index is 12.4. The molecule has 0 aliphatic carbocycles. The van der Waals surface area contributed by atoms with Crippen LogP contribution < -0.4 is 4.90 Å². The zero-order valence-electron chi connectivity index (χ0n) is 15.2. The van der Waals surface area contributed by atoms with Gasteiger partial charge in [0.05, 0.1) is 12.3 Å². The predicted molar refractivity (Wildman–Crippen MR) is 89.4 cm³/mol. The molecular formula is C16H24N4O5. The molecule has 0 bridgehead atoms. The van der Waals surface area contributed by atoms with Gasteiger partial charge in [0.2, 0.25) is 11.9 Å². The van der Waals surface area contributed by atoms with Crippen molar-refractivity contribution in [2.45, 2.75) is 40.2 Å². The number of aryl methyl sites for hydroxylation is 1. The van der Waals surface area contributed by atoms with Crippen LogP contribution in [0.25, 0.3) is 0 Å². The minimum Gasteiger partial charge on any atom is -0.461 e. The van der Waals surface area contributed by atoms with Crippen LogP contribution in [0.5, 0.6) is 0 Å². The average Bonchev–Trinajstić information content (AvgIpc) is 2.87. The third-order valence-electron chi connectivity index (χ3n) is 3.48. The fourth-order valence-corrected chi connectivity index (χ4v) is 2.35. The van der Waals surface area contributed by atoms with Crippen LogP contribution in [0.4, 0.5) is 10.7 Å². The number of aromatic nitrogens is 2. The van der Waals surface area contributed by atoms with E-state index in [9.17, 15) is 14.4 Å². The molecule has 2 heterocycles. The van der Waals surface area contributed by atoms with Crippen LogP contribution in [0.2, 0.25) is 0 Å². The zero-order chi connectivity index (χ0) is 18.8. The Balaban J connectivity index is 2.07. The van der Waals surface area contributed by atoms with E-state index in [1.54, 1.807) is 34.6 Å². The first-order valence-corrected chi connectivity index (χ1v) is 8.14. The minimum absolute atomic E-state index is 0.108. The van der Waals surface area contributed by atoms with Crippen LogP contribution in [0, 0.1) is 6.92 Å². The Morgan fingerprint density at radius 2 is 1.96 bits per heavy atom. The molecule has 0 saturated carbocycles. The van der Waals surface area contributed by atoms with E-state index in [-0.39, 0.29) is 37.2 Å². The summed E-state index contributed by atoms with van der Waals surface area (Å²) in [5.41, 5.74) is 0.0549. The van der Waals surface area contributed by atoms with Gasteiger partial charge in [-0.1, -0.05) is 0 Å². The van der Waals surface area contributed by atoms with Crippen LogP contribution in [0.15, 0.2) is 0 Å². The number of esters is 1. The Morgan fingerprint density at radius 3 is 2.52 bits per heavy atom. The summed E-state index contributed by atoms with van der Waals surface area (Å²) in [7, 11) is 0. The number of anilines is 1. The Morgan fingerprint density at radius 1 is 1.28 bits per heavy atom. The second-order valence-corrected chi connectivity index (χ2v) is 6.69. The van der Waals surface area contributed by atoms with Crippen molar-refractivity contribution in [2.24, 2.45) is 0 Å². The van der Waals surface area contributed by atoms with Gasteiger partial charge in [0, 0.05) is 13.1 Å². The van der Waals surface area contributed by atoms with Crippen LogP contribution >= 0.6 is 0 Å². The van der Waals surface area contributed by atoms with Gasteiger partial charge < -0.3 is 14.5 Å². The fraction of sp³-hybridized carbons (Fsp3) is 0.625. The van der Waals surface area contributed by atoms with Crippen LogP contribution in [0.1, 0.15) is 43.9 Å². The molecule has 9 heteroatoms. The molecule has 9 nitrogen and oxygen atoms in total. The molecule has 1 N–H and O–H groups in total. The van der Waals surface area contributed by atoms with E-state index in [4.69, 9.17) is 9.47 Å². The number of rotatable bonds is 3. The lowest BCUT2D eigenvalue weighted by Gasteiger charge is -2.34. The third-order valence-corrected chi connectivity index (χ3v) is 3.48. The lowest BCUT2D eigenvalue weighted by atomic mass is 10.2. The Bertz CT molecular complexity index is 677. The highest BCUT2D eigenvalue weighted by atomic mass is 16.6. The van der Waals surface area contributed by atoms with E-state index in [1.165, 1.54) is 9.80 Å². The van der Waals surface area contributed by atoms with Crippen molar-refractivity contribution in [1.82, 2.24) is 14.9 Å². The number of carbonyl (C=O) groups excluding carboxylic acids is 3. The number of nitrogens with one attached hydrogen (secondary N) is 1. The number of ether oxygens (including phenoxy) is 2. The van der Waals surface area contributed by atoms with Crippen LogP contribution in [-0.2, 0) is 14.3 Å². The standard InChI is InChI=1S/C16H24N4O5/c1-6-24-13(22)12-10(2)17-14(18-12)20-8-7-19(9-11(20)21)15(23)25-16(3,4)5/h6-9H2,1-5H3,(H,17,18). The smallest absolute Gasteiger partial charge is 0.410 e. The first-order valence-electron chi connectivity index (χ1n) is 8.14. The quantitative estimate of drug-likeness (QED) is 0.826. The highest BCUT2D eigenvalue weighted by molar-refractivity contribution is 5.97. The summed E-state index contributed by atoms with van der Waals surface area (Å²) in [6, 6.07) is 0. The molecule has 0 atom stereocenters. The highest BCUT2D eigenvalue weighted by Gasteiger charge is 2.32. The molecule has 1 saturated heterocycles. The van der Waals surface area contributed by atoms with Gasteiger partial charge in [-0.05, 0) is 34.6 Å². The van der Waals surface area contributed by atoms with Crippen molar-refractivity contribution in [3.63, 3.8) is 0 Å².